The summed E-state index contributed by atoms with van der Waals surface area (Å²) >= 11 is 0. The Bertz CT molecular complexity index is 698. The van der Waals surface area contributed by atoms with Gasteiger partial charge in [-0.25, -0.2) is 4.79 Å². The minimum atomic E-state index is -2.94. The highest BCUT2D eigenvalue weighted by Crippen LogP contribution is 2.19. The number of hydrogen-bond acceptors (Lipinski definition) is 4. The predicted octanol–water partition coefficient (Wildman–Crippen LogP) is 1.97. The van der Waals surface area contributed by atoms with E-state index in [0.717, 1.165) is 10.9 Å². The van der Waals surface area contributed by atoms with Crippen molar-refractivity contribution in [1.82, 2.24) is 9.78 Å². The number of hydrogen-bond donors (Lipinski definition) is 2. The molecule has 1 aromatic carbocycles. The third-order valence-corrected chi connectivity index (χ3v) is 2.72. The number of aromatic carboxylic acids is 1. The molecule has 0 bridgehead atoms. The first-order chi connectivity index (χ1) is 10.4. The Morgan fingerprint density at radius 1 is 1.32 bits per heavy atom. The third-order valence-electron chi connectivity index (χ3n) is 2.72. The van der Waals surface area contributed by atoms with E-state index in [1.54, 1.807) is 0 Å². The smallest absolute Gasteiger partial charge is 0.387 e. The fourth-order valence-corrected chi connectivity index (χ4v) is 1.77. The van der Waals surface area contributed by atoms with E-state index in [-0.39, 0.29) is 17.0 Å². The summed E-state index contributed by atoms with van der Waals surface area (Å²) in [5.41, 5.74) is -0.0674. The predicted molar refractivity (Wildman–Crippen MR) is 71.2 cm³/mol. The van der Waals surface area contributed by atoms with E-state index in [1.807, 2.05) is 0 Å². The second-order valence-electron chi connectivity index (χ2n) is 4.19. The first-order valence-electron chi connectivity index (χ1n) is 6.00. The van der Waals surface area contributed by atoms with Crippen LogP contribution in [-0.2, 0) is 7.05 Å². The number of nitrogens with zero attached hydrogens (tertiary/aromatic N) is 2. The second-order valence-corrected chi connectivity index (χ2v) is 4.19. The topological polar surface area (TPSA) is 93.5 Å². The molecule has 2 aromatic rings. The van der Waals surface area contributed by atoms with Crippen LogP contribution >= 0.6 is 0 Å². The normalized spacial score (nSPS) is 10.5. The number of ether oxygens (including phenoxy) is 1. The molecule has 1 heterocycles. The Morgan fingerprint density at radius 3 is 2.50 bits per heavy atom. The fraction of sp³-hybridized carbons (Fsp3) is 0.154. The molecule has 0 saturated heterocycles. The van der Waals surface area contributed by atoms with Crippen molar-refractivity contribution in [3.8, 4) is 5.75 Å². The zero-order valence-corrected chi connectivity index (χ0v) is 11.3. The van der Waals surface area contributed by atoms with Gasteiger partial charge in [0.25, 0.3) is 5.91 Å². The zero-order valence-electron chi connectivity index (χ0n) is 11.3. The van der Waals surface area contributed by atoms with Crippen LogP contribution in [0, 0.1) is 0 Å². The van der Waals surface area contributed by atoms with Crippen molar-refractivity contribution in [1.29, 1.82) is 0 Å². The quantitative estimate of drug-likeness (QED) is 0.880. The van der Waals surface area contributed by atoms with E-state index in [2.05, 4.69) is 15.2 Å². The van der Waals surface area contributed by atoms with E-state index in [9.17, 15) is 18.4 Å². The molecule has 2 N–H and O–H groups in total. The number of halogens is 2. The maximum absolute atomic E-state index is 12.1. The van der Waals surface area contributed by atoms with Gasteiger partial charge in [0.1, 0.15) is 17.0 Å². The lowest BCUT2D eigenvalue weighted by Gasteiger charge is -2.08. The van der Waals surface area contributed by atoms with Crippen LogP contribution in [0.25, 0.3) is 0 Å². The van der Waals surface area contributed by atoms with Crippen LogP contribution in [-0.4, -0.2) is 33.4 Å². The maximum atomic E-state index is 12.1. The minimum absolute atomic E-state index is 0.0558. The van der Waals surface area contributed by atoms with Crippen LogP contribution in [0.5, 0.6) is 5.75 Å². The van der Waals surface area contributed by atoms with Gasteiger partial charge in [-0.1, -0.05) is 0 Å². The van der Waals surface area contributed by atoms with Gasteiger partial charge in [-0.05, 0) is 24.3 Å². The molecule has 0 spiro atoms. The van der Waals surface area contributed by atoms with Crippen molar-refractivity contribution in [3.05, 3.63) is 41.7 Å². The van der Waals surface area contributed by atoms with Gasteiger partial charge in [-0.2, -0.15) is 13.9 Å². The molecule has 7 nitrogen and oxygen atoms in total. The summed E-state index contributed by atoms with van der Waals surface area (Å²) in [6, 6.07) is 5.21. The van der Waals surface area contributed by atoms with Gasteiger partial charge >= 0.3 is 12.6 Å². The number of alkyl halides is 2. The summed E-state index contributed by atoms with van der Waals surface area (Å²) in [6.45, 7) is -2.94. The highest BCUT2D eigenvalue weighted by Gasteiger charge is 2.21. The first-order valence-corrected chi connectivity index (χ1v) is 6.00. The monoisotopic (exact) mass is 311 g/mol. The molecule has 0 unspecified atom stereocenters. The Morgan fingerprint density at radius 2 is 1.95 bits per heavy atom. The molecule has 1 aromatic heterocycles. The van der Waals surface area contributed by atoms with Crippen molar-refractivity contribution in [2.75, 3.05) is 5.32 Å². The lowest BCUT2D eigenvalue weighted by molar-refractivity contribution is -0.0498. The molecule has 116 valence electrons. The van der Waals surface area contributed by atoms with Crippen molar-refractivity contribution < 1.29 is 28.2 Å². The number of aryl methyl sites for hydroxylation is 1. The molecule has 1 amide bonds. The molecule has 0 saturated carbocycles. The van der Waals surface area contributed by atoms with Crippen molar-refractivity contribution in [2.45, 2.75) is 6.61 Å². The molecule has 9 heteroatoms. The standard InChI is InChI=1S/C13H11F2N3O4/c1-18-10(9(6-16-18)12(20)21)11(19)17-7-2-4-8(5-3-7)22-13(14)15/h2-6,13H,1H3,(H,17,19)(H,20,21). The highest BCUT2D eigenvalue weighted by atomic mass is 19.3. The van der Waals surface area contributed by atoms with Gasteiger partial charge in [-0.3, -0.25) is 9.48 Å². The molecule has 0 aliphatic rings. The van der Waals surface area contributed by atoms with Gasteiger partial charge in [0.05, 0.1) is 6.20 Å². The van der Waals surface area contributed by atoms with Crippen LogP contribution in [0.2, 0.25) is 0 Å². The van der Waals surface area contributed by atoms with E-state index in [1.165, 1.54) is 31.3 Å². The number of rotatable bonds is 5. The Labute approximate surface area is 123 Å². The Kier molecular flexibility index (Phi) is 4.35. The number of aromatic nitrogens is 2. The SMILES string of the molecule is Cn1ncc(C(=O)O)c1C(=O)Nc1ccc(OC(F)F)cc1. The van der Waals surface area contributed by atoms with Gasteiger partial charge in [-0.15, -0.1) is 0 Å². The van der Waals surface area contributed by atoms with E-state index in [0.29, 0.717) is 5.69 Å². The first kappa shape index (κ1) is 15.4. The second kappa shape index (κ2) is 6.20. The largest absolute Gasteiger partial charge is 0.478 e. The minimum Gasteiger partial charge on any atom is -0.478 e. The average molecular weight is 311 g/mol. The Balaban J connectivity index is 2.15. The van der Waals surface area contributed by atoms with Crippen molar-refractivity contribution >= 4 is 17.6 Å². The molecule has 22 heavy (non-hydrogen) atoms. The van der Waals surface area contributed by atoms with E-state index in [4.69, 9.17) is 5.11 Å². The van der Waals surface area contributed by atoms with Crippen LogP contribution in [0.3, 0.4) is 0 Å². The number of carboxylic acids is 1. The van der Waals surface area contributed by atoms with Crippen LogP contribution in [0.4, 0.5) is 14.5 Å². The number of carbonyl (C=O) groups excluding carboxylic acids is 1. The van der Waals surface area contributed by atoms with Gasteiger partial charge < -0.3 is 15.2 Å². The van der Waals surface area contributed by atoms with Gasteiger partial charge in [0.2, 0.25) is 0 Å². The fourth-order valence-electron chi connectivity index (χ4n) is 1.77. The summed E-state index contributed by atoms with van der Waals surface area (Å²) in [4.78, 5) is 23.1. The zero-order chi connectivity index (χ0) is 16.3. The number of benzene rings is 1. The molecule has 2 rings (SSSR count). The van der Waals surface area contributed by atoms with Crippen LogP contribution in [0.1, 0.15) is 20.8 Å². The molecule has 0 atom stereocenters. The highest BCUT2D eigenvalue weighted by molar-refractivity contribution is 6.09. The van der Waals surface area contributed by atoms with E-state index < -0.39 is 18.5 Å². The summed E-state index contributed by atoms with van der Waals surface area (Å²) < 4.78 is 29.4. The van der Waals surface area contributed by atoms with Crippen LogP contribution < -0.4 is 10.1 Å². The molecular formula is C13H11F2N3O4. The average Bonchev–Trinajstić information content (AvgIpc) is 2.82. The number of carboxylic acid groups (broad SMARTS) is 1. The lowest BCUT2D eigenvalue weighted by Crippen LogP contribution is -2.19. The molecule has 0 fully saturated rings. The summed E-state index contributed by atoms with van der Waals surface area (Å²) in [5, 5.41) is 15.2. The number of nitrogens with one attached hydrogen (secondary N) is 1. The van der Waals surface area contributed by atoms with Gasteiger partial charge in [0, 0.05) is 12.7 Å². The molecular weight excluding hydrogens is 300 g/mol. The summed E-state index contributed by atoms with van der Waals surface area (Å²) in [6.07, 6.45) is 1.07. The lowest BCUT2D eigenvalue weighted by atomic mass is 10.2. The summed E-state index contributed by atoms with van der Waals surface area (Å²) in [5.74, 6) is -2.02. The van der Waals surface area contributed by atoms with Gasteiger partial charge in [0.15, 0.2) is 0 Å². The third kappa shape index (κ3) is 3.37. The number of amides is 1. The molecule has 0 radical (unpaired) electrons. The summed E-state index contributed by atoms with van der Waals surface area (Å²) in [7, 11) is 1.43. The van der Waals surface area contributed by atoms with E-state index >= 15 is 0 Å². The van der Waals surface area contributed by atoms with Crippen molar-refractivity contribution in [3.63, 3.8) is 0 Å². The van der Waals surface area contributed by atoms with Crippen molar-refractivity contribution in [2.24, 2.45) is 7.05 Å². The Hall–Kier alpha value is -2.97. The number of anilines is 1. The maximum Gasteiger partial charge on any atom is 0.387 e. The van der Waals surface area contributed by atoms with Crippen LogP contribution in [0.15, 0.2) is 30.5 Å². The number of carbonyl (C=O) groups is 2. The molecule has 0 aliphatic heterocycles. The molecule has 0 aliphatic carbocycles.